The number of benzene rings is 1. The molecule has 3 amide bonds. The van der Waals surface area contributed by atoms with Crippen molar-refractivity contribution >= 4 is 35.1 Å². The minimum atomic E-state index is -1.06. The molecule has 7 heteroatoms. The van der Waals surface area contributed by atoms with Gasteiger partial charge in [0.05, 0.1) is 12.6 Å². The molecule has 1 aliphatic rings. The van der Waals surface area contributed by atoms with Crippen molar-refractivity contribution in [2.45, 2.75) is 6.10 Å². The van der Waals surface area contributed by atoms with E-state index < -0.39 is 12.1 Å². The normalized spacial score (nSPS) is 17.3. The lowest BCUT2D eigenvalue weighted by atomic mass is 10.1. The standard InChI is InChI=1S/C12H12Cl2N2O3/c1-15-6-11(18)16(12(15)19)5-10(17)8-4-7(13)2-3-9(8)14/h2-4,10,17H,5-6H2,1H3/t10-/m1/s1. The van der Waals surface area contributed by atoms with Crippen LogP contribution in [0.5, 0.6) is 0 Å². The largest absolute Gasteiger partial charge is 0.386 e. The third-order valence-electron chi connectivity index (χ3n) is 2.90. The van der Waals surface area contributed by atoms with Crippen LogP contribution >= 0.6 is 23.2 Å². The molecule has 0 aliphatic carbocycles. The van der Waals surface area contributed by atoms with Crippen LogP contribution in [0.4, 0.5) is 4.79 Å². The number of likely N-dealkylation sites (N-methyl/N-ethyl adjacent to an activating group) is 1. The summed E-state index contributed by atoms with van der Waals surface area (Å²) in [6.07, 6.45) is -1.06. The fraction of sp³-hybridized carbons (Fsp3) is 0.333. The number of urea groups is 1. The minimum Gasteiger partial charge on any atom is -0.386 e. The first-order valence-corrected chi connectivity index (χ1v) is 6.34. The zero-order chi connectivity index (χ0) is 14.2. The molecule has 1 aromatic rings. The number of carbonyl (C=O) groups excluding carboxylic acids is 2. The fourth-order valence-corrected chi connectivity index (χ4v) is 2.31. The van der Waals surface area contributed by atoms with Crippen LogP contribution in [0.15, 0.2) is 18.2 Å². The first kappa shape index (κ1) is 14.1. The number of rotatable bonds is 3. The van der Waals surface area contributed by atoms with E-state index in [1.54, 1.807) is 12.1 Å². The number of hydrogen-bond donors (Lipinski definition) is 1. The summed E-state index contributed by atoms with van der Waals surface area (Å²) in [5, 5.41) is 10.9. The van der Waals surface area contributed by atoms with Crippen LogP contribution in [-0.2, 0) is 4.79 Å². The van der Waals surface area contributed by atoms with Gasteiger partial charge in [0, 0.05) is 22.7 Å². The summed E-state index contributed by atoms with van der Waals surface area (Å²) in [5.41, 5.74) is 0.393. The van der Waals surface area contributed by atoms with Crippen molar-refractivity contribution in [2.75, 3.05) is 20.1 Å². The summed E-state index contributed by atoms with van der Waals surface area (Å²) < 4.78 is 0. The molecule has 1 aromatic carbocycles. The Labute approximate surface area is 120 Å². The fourth-order valence-electron chi connectivity index (χ4n) is 1.89. The molecule has 0 unspecified atom stereocenters. The Morgan fingerprint density at radius 1 is 1.37 bits per heavy atom. The molecular weight excluding hydrogens is 291 g/mol. The Morgan fingerprint density at radius 2 is 2.05 bits per heavy atom. The number of halogens is 2. The van der Waals surface area contributed by atoms with E-state index in [0.717, 1.165) is 4.90 Å². The maximum atomic E-state index is 11.7. The molecule has 19 heavy (non-hydrogen) atoms. The number of carbonyl (C=O) groups is 2. The lowest BCUT2D eigenvalue weighted by Gasteiger charge is -2.19. The summed E-state index contributed by atoms with van der Waals surface area (Å²) in [4.78, 5) is 25.6. The van der Waals surface area contributed by atoms with Gasteiger partial charge in [0.25, 0.3) is 0 Å². The molecule has 0 aromatic heterocycles. The topological polar surface area (TPSA) is 60.9 Å². The molecule has 0 radical (unpaired) electrons. The Balaban J connectivity index is 2.17. The maximum Gasteiger partial charge on any atom is 0.327 e. The van der Waals surface area contributed by atoms with Gasteiger partial charge in [-0.05, 0) is 18.2 Å². The van der Waals surface area contributed by atoms with Gasteiger partial charge in [-0.15, -0.1) is 0 Å². The third-order valence-corrected chi connectivity index (χ3v) is 3.48. The highest BCUT2D eigenvalue weighted by Crippen LogP contribution is 2.27. The van der Waals surface area contributed by atoms with Crippen LogP contribution in [0, 0.1) is 0 Å². The number of aliphatic hydroxyl groups is 1. The van der Waals surface area contributed by atoms with Gasteiger partial charge in [-0.25, -0.2) is 4.79 Å². The highest BCUT2D eigenvalue weighted by atomic mass is 35.5. The number of amides is 3. The maximum absolute atomic E-state index is 11.7. The summed E-state index contributed by atoms with van der Waals surface area (Å²) in [5.74, 6) is -0.343. The summed E-state index contributed by atoms with van der Waals surface area (Å²) in [7, 11) is 1.53. The van der Waals surface area contributed by atoms with Crippen molar-refractivity contribution < 1.29 is 14.7 Å². The monoisotopic (exact) mass is 302 g/mol. The van der Waals surface area contributed by atoms with Gasteiger partial charge in [0.15, 0.2) is 0 Å². The van der Waals surface area contributed by atoms with Crippen LogP contribution in [0.3, 0.4) is 0 Å². The third kappa shape index (κ3) is 2.83. The van der Waals surface area contributed by atoms with Gasteiger partial charge in [-0.2, -0.15) is 0 Å². The quantitative estimate of drug-likeness (QED) is 0.868. The molecular formula is C12H12Cl2N2O3. The van der Waals surface area contributed by atoms with Crippen LogP contribution in [0.2, 0.25) is 10.0 Å². The first-order chi connectivity index (χ1) is 8.90. The number of aliphatic hydroxyl groups excluding tert-OH is 1. The van der Waals surface area contributed by atoms with E-state index in [1.807, 2.05) is 0 Å². The lowest BCUT2D eigenvalue weighted by molar-refractivity contribution is -0.126. The van der Waals surface area contributed by atoms with Gasteiger partial charge in [-0.3, -0.25) is 9.69 Å². The van der Waals surface area contributed by atoms with E-state index in [-0.39, 0.29) is 19.0 Å². The van der Waals surface area contributed by atoms with Crippen molar-refractivity contribution in [1.29, 1.82) is 0 Å². The van der Waals surface area contributed by atoms with Crippen molar-refractivity contribution in [2.24, 2.45) is 0 Å². The highest BCUT2D eigenvalue weighted by molar-refractivity contribution is 6.33. The van der Waals surface area contributed by atoms with Crippen molar-refractivity contribution in [1.82, 2.24) is 9.80 Å². The molecule has 1 N–H and O–H groups in total. The van der Waals surface area contributed by atoms with E-state index in [1.165, 1.54) is 18.0 Å². The zero-order valence-corrected chi connectivity index (χ0v) is 11.6. The molecule has 1 heterocycles. The van der Waals surface area contributed by atoms with Crippen LogP contribution in [0.1, 0.15) is 11.7 Å². The van der Waals surface area contributed by atoms with Gasteiger partial charge >= 0.3 is 6.03 Å². The molecule has 5 nitrogen and oxygen atoms in total. The lowest BCUT2D eigenvalue weighted by Crippen LogP contribution is -2.35. The predicted octanol–water partition coefficient (Wildman–Crippen LogP) is 1.92. The van der Waals surface area contributed by atoms with Crippen LogP contribution in [0.25, 0.3) is 0 Å². The van der Waals surface area contributed by atoms with Gasteiger partial charge in [0.2, 0.25) is 5.91 Å². The second-order valence-corrected chi connectivity index (χ2v) is 5.17. The van der Waals surface area contributed by atoms with E-state index in [0.29, 0.717) is 15.6 Å². The zero-order valence-electron chi connectivity index (χ0n) is 10.1. The highest BCUT2D eigenvalue weighted by Gasteiger charge is 2.35. The average molecular weight is 303 g/mol. The van der Waals surface area contributed by atoms with Crippen LogP contribution in [-0.4, -0.2) is 47.0 Å². The molecule has 2 rings (SSSR count). The van der Waals surface area contributed by atoms with E-state index >= 15 is 0 Å². The van der Waals surface area contributed by atoms with E-state index in [4.69, 9.17) is 23.2 Å². The molecule has 1 fully saturated rings. The predicted molar refractivity (Wildman–Crippen MR) is 71.2 cm³/mol. The molecule has 102 valence electrons. The molecule has 1 atom stereocenters. The second-order valence-electron chi connectivity index (χ2n) is 4.32. The average Bonchev–Trinajstić information content (AvgIpc) is 2.59. The first-order valence-electron chi connectivity index (χ1n) is 5.58. The van der Waals surface area contributed by atoms with Crippen molar-refractivity contribution in [3.8, 4) is 0 Å². The van der Waals surface area contributed by atoms with Gasteiger partial charge in [0.1, 0.15) is 6.54 Å². The molecule has 1 saturated heterocycles. The number of hydrogen-bond acceptors (Lipinski definition) is 3. The van der Waals surface area contributed by atoms with E-state index in [9.17, 15) is 14.7 Å². The van der Waals surface area contributed by atoms with Crippen molar-refractivity contribution in [3.63, 3.8) is 0 Å². The minimum absolute atomic E-state index is 0.0227. The smallest absolute Gasteiger partial charge is 0.327 e. The van der Waals surface area contributed by atoms with Gasteiger partial charge < -0.3 is 10.0 Å². The summed E-state index contributed by atoms with van der Waals surface area (Å²) in [6.45, 7) is -0.114. The SMILES string of the molecule is CN1CC(=O)N(C[C@@H](O)c2cc(Cl)ccc2Cl)C1=O. The van der Waals surface area contributed by atoms with Crippen molar-refractivity contribution in [3.05, 3.63) is 33.8 Å². The Bertz CT molecular complexity index is 536. The molecule has 0 saturated carbocycles. The van der Waals surface area contributed by atoms with E-state index in [2.05, 4.69) is 0 Å². The Kier molecular flexibility index (Phi) is 3.99. The second kappa shape index (κ2) is 5.36. The number of imide groups is 1. The molecule has 0 bridgehead atoms. The van der Waals surface area contributed by atoms with Gasteiger partial charge in [-0.1, -0.05) is 23.2 Å². The molecule has 0 spiro atoms. The van der Waals surface area contributed by atoms with Crippen LogP contribution < -0.4 is 0 Å². The molecule has 1 aliphatic heterocycles. The number of nitrogens with zero attached hydrogens (tertiary/aromatic N) is 2. The summed E-state index contributed by atoms with van der Waals surface area (Å²) in [6, 6.07) is 4.24. The summed E-state index contributed by atoms with van der Waals surface area (Å²) >= 11 is 11.8. The Hall–Kier alpha value is -1.30. The number of β-amino-alcohol motifs (C(OH)–C–C–N with tert-alkyl or cyclic N) is 1. The Morgan fingerprint density at radius 3 is 2.63 bits per heavy atom.